The zero-order valence-electron chi connectivity index (χ0n) is 6.98. The van der Waals surface area contributed by atoms with Crippen LogP contribution in [0.25, 0.3) is 0 Å². The molecular weight excluding hydrogens is 197 g/mol. The van der Waals surface area contributed by atoms with Crippen LogP contribution in [0.4, 0.5) is 13.2 Å². The molecule has 1 radical (unpaired) electrons. The molecule has 1 rings (SSSR count). The Morgan fingerprint density at radius 1 is 1.46 bits per heavy atom. The molecule has 0 bridgehead atoms. The monoisotopic (exact) mass is 205 g/mol. The van der Waals surface area contributed by atoms with E-state index in [-0.39, 0.29) is 4.90 Å². The molecule has 0 aliphatic carbocycles. The first-order valence-electron chi connectivity index (χ1n) is 3.76. The van der Waals surface area contributed by atoms with Crippen molar-refractivity contribution in [2.45, 2.75) is 18.0 Å². The van der Waals surface area contributed by atoms with Crippen molar-refractivity contribution >= 4 is 11.8 Å². The highest BCUT2D eigenvalue weighted by Gasteiger charge is 2.32. The topological polar surface area (TPSA) is 0 Å². The summed E-state index contributed by atoms with van der Waals surface area (Å²) in [5, 5.41) is 0. The number of rotatable bonds is 2. The second-order valence-electron chi connectivity index (χ2n) is 2.34. The molecular formula is C9H8F3S. The smallest absolute Gasteiger partial charge is 0.166 e. The fourth-order valence-corrected chi connectivity index (χ4v) is 1.69. The van der Waals surface area contributed by atoms with Crippen LogP contribution in [0.3, 0.4) is 0 Å². The van der Waals surface area contributed by atoms with Gasteiger partial charge < -0.3 is 0 Å². The molecule has 1 aromatic carbocycles. The maximum Gasteiger partial charge on any atom is 0.417 e. The van der Waals surface area contributed by atoms with Gasteiger partial charge in [-0.05, 0) is 17.9 Å². The van der Waals surface area contributed by atoms with E-state index < -0.39 is 11.7 Å². The van der Waals surface area contributed by atoms with Crippen molar-refractivity contribution in [2.24, 2.45) is 0 Å². The summed E-state index contributed by atoms with van der Waals surface area (Å²) < 4.78 is 37.0. The van der Waals surface area contributed by atoms with E-state index in [9.17, 15) is 13.2 Å². The summed E-state index contributed by atoms with van der Waals surface area (Å²) in [6, 6.07) is 6.51. The zero-order chi connectivity index (χ0) is 9.90. The van der Waals surface area contributed by atoms with Gasteiger partial charge >= 0.3 is 6.18 Å². The van der Waals surface area contributed by atoms with Crippen LogP contribution in [0.5, 0.6) is 0 Å². The number of hydrogen-bond acceptors (Lipinski definition) is 1. The Morgan fingerprint density at radius 3 is 2.69 bits per heavy atom. The summed E-state index contributed by atoms with van der Waals surface area (Å²) in [6.45, 7) is 1.81. The molecule has 0 unspecified atom stereocenters. The van der Waals surface area contributed by atoms with Gasteiger partial charge in [0, 0.05) is 4.90 Å². The fourth-order valence-electron chi connectivity index (χ4n) is 0.909. The highest BCUT2D eigenvalue weighted by Crippen LogP contribution is 2.35. The molecule has 13 heavy (non-hydrogen) atoms. The van der Waals surface area contributed by atoms with Crippen molar-refractivity contribution in [3.05, 3.63) is 29.8 Å². The Labute approximate surface area is 79.1 Å². The summed E-state index contributed by atoms with van der Waals surface area (Å²) in [6.07, 6.45) is -4.27. The number of halogens is 3. The Balaban J connectivity index is 3.05. The second-order valence-corrected chi connectivity index (χ2v) is 3.62. The minimum atomic E-state index is -4.27. The summed E-state index contributed by atoms with van der Waals surface area (Å²) in [7, 11) is 0. The first kappa shape index (κ1) is 10.4. The molecule has 0 amide bonds. The van der Waals surface area contributed by atoms with Crippen LogP contribution in [-0.4, -0.2) is 5.75 Å². The lowest BCUT2D eigenvalue weighted by Gasteiger charge is -2.10. The van der Waals surface area contributed by atoms with Gasteiger partial charge in [0.15, 0.2) is 0 Å². The molecule has 0 nitrogen and oxygen atoms in total. The van der Waals surface area contributed by atoms with Crippen LogP contribution in [-0.2, 0) is 6.18 Å². The highest BCUT2D eigenvalue weighted by molar-refractivity contribution is 7.99. The largest absolute Gasteiger partial charge is 0.417 e. The molecule has 0 N–H and O–H groups in total. The van der Waals surface area contributed by atoms with Gasteiger partial charge in [-0.2, -0.15) is 13.2 Å². The van der Waals surface area contributed by atoms with Crippen molar-refractivity contribution in [1.82, 2.24) is 0 Å². The quantitative estimate of drug-likeness (QED) is 0.664. The molecule has 1 aromatic rings. The van der Waals surface area contributed by atoms with E-state index in [0.29, 0.717) is 5.75 Å². The van der Waals surface area contributed by atoms with Crippen LogP contribution < -0.4 is 0 Å². The van der Waals surface area contributed by atoms with Gasteiger partial charge in [-0.15, -0.1) is 11.8 Å². The van der Waals surface area contributed by atoms with Gasteiger partial charge in [-0.1, -0.05) is 19.1 Å². The van der Waals surface area contributed by atoms with Crippen LogP contribution in [0, 0.1) is 6.07 Å². The number of hydrogen-bond donors (Lipinski definition) is 0. The molecule has 0 aromatic heterocycles. The molecule has 0 heterocycles. The van der Waals surface area contributed by atoms with Crippen LogP contribution in [0.1, 0.15) is 12.5 Å². The van der Waals surface area contributed by atoms with Crippen molar-refractivity contribution in [3.63, 3.8) is 0 Å². The second kappa shape index (κ2) is 4.05. The van der Waals surface area contributed by atoms with E-state index in [1.54, 1.807) is 0 Å². The summed E-state index contributed by atoms with van der Waals surface area (Å²) in [5.41, 5.74) is -0.596. The third-order valence-corrected chi connectivity index (χ3v) is 2.33. The normalized spacial score (nSPS) is 11.7. The molecule has 71 valence electrons. The first-order chi connectivity index (χ1) is 6.05. The summed E-state index contributed by atoms with van der Waals surface area (Å²) >= 11 is 1.15. The third-order valence-electron chi connectivity index (χ3n) is 1.41. The van der Waals surface area contributed by atoms with Gasteiger partial charge in [-0.3, -0.25) is 0 Å². The van der Waals surface area contributed by atoms with Gasteiger partial charge in [0.05, 0.1) is 5.56 Å². The van der Waals surface area contributed by atoms with Gasteiger partial charge in [0.2, 0.25) is 0 Å². The molecule has 0 aliphatic rings. The summed E-state index contributed by atoms with van der Waals surface area (Å²) in [4.78, 5) is 0.178. The first-order valence-corrected chi connectivity index (χ1v) is 4.75. The lowest BCUT2D eigenvalue weighted by Crippen LogP contribution is -2.06. The van der Waals surface area contributed by atoms with E-state index in [0.717, 1.165) is 17.8 Å². The Hall–Kier alpha value is -0.640. The molecule has 0 fully saturated rings. The van der Waals surface area contributed by atoms with Crippen molar-refractivity contribution in [2.75, 3.05) is 5.75 Å². The van der Waals surface area contributed by atoms with Crippen LogP contribution in [0.2, 0.25) is 0 Å². The van der Waals surface area contributed by atoms with Gasteiger partial charge in [-0.25, -0.2) is 0 Å². The third kappa shape index (κ3) is 2.66. The molecule has 0 atom stereocenters. The molecule has 4 heteroatoms. The van der Waals surface area contributed by atoms with E-state index >= 15 is 0 Å². The minimum Gasteiger partial charge on any atom is -0.166 e. The molecule has 0 spiro atoms. The van der Waals surface area contributed by atoms with E-state index in [1.165, 1.54) is 12.1 Å². The zero-order valence-corrected chi connectivity index (χ0v) is 7.80. The predicted octanol–water partition coefficient (Wildman–Crippen LogP) is 3.62. The molecule has 0 saturated heterocycles. The van der Waals surface area contributed by atoms with E-state index in [1.807, 2.05) is 6.92 Å². The maximum absolute atomic E-state index is 12.3. The van der Waals surface area contributed by atoms with Crippen molar-refractivity contribution in [1.29, 1.82) is 0 Å². The van der Waals surface area contributed by atoms with E-state index in [4.69, 9.17) is 0 Å². The Bertz CT molecular complexity index is 280. The Morgan fingerprint density at radius 2 is 2.15 bits per heavy atom. The highest BCUT2D eigenvalue weighted by atomic mass is 32.2. The van der Waals surface area contributed by atoms with E-state index in [2.05, 4.69) is 6.07 Å². The van der Waals surface area contributed by atoms with Crippen LogP contribution in [0.15, 0.2) is 23.1 Å². The lowest BCUT2D eigenvalue weighted by molar-refractivity contribution is -0.139. The predicted molar refractivity (Wildman–Crippen MR) is 46.7 cm³/mol. The fraction of sp³-hybridized carbons (Fsp3) is 0.333. The van der Waals surface area contributed by atoms with Crippen molar-refractivity contribution in [3.8, 4) is 0 Å². The minimum absolute atomic E-state index is 0.178. The number of thioether (sulfide) groups is 1. The molecule has 0 saturated carbocycles. The van der Waals surface area contributed by atoms with Crippen LogP contribution >= 0.6 is 11.8 Å². The number of alkyl halides is 3. The lowest BCUT2D eigenvalue weighted by atomic mass is 10.2. The summed E-state index contributed by atoms with van der Waals surface area (Å²) in [5.74, 6) is 0.615. The maximum atomic E-state index is 12.3. The van der Waals surface area contributed by atoms with Crippen molar-refractivity contribution < 1.29 is 13.2 Å². The average molecular weight is 205 g/mol. The average Bonchev–Trinajstić information content (AvgIpc) is 2.04. The SMILES string of the molecule is CCSc1[c]cccc1C(F)(F)F. The molecule has 0 aliphatic heterocycles. The van der Waals surface area contributed by atoms with Gasteiger partial charge in [0.1, 0.15) is 0 Å². The number of benzene rings is 1. The standard InChI is InChI=1S/C9H8F3S/c1-2-13-8-6-4-3-5-7(8)9(10,11)12/h3-5H,2H2,1H3. The van der Waals surface area contributed by atoms with Gasteiger partial charge in [0.25, 0.3) is 0 Å². The Kier molecular flexibility index (Phi) is 3.25.